The molecule has 6 nitrogen and oxygen atoms in total. The molecule has 2 rings (SSSR count). The van der Waals surface area contributed by atoms with Crippen LogP contribution in [-0.4, -0.2) is 25.1 Å². The van der Waals surface area contributed by atoms with Gasteiger partial charge in [-0.05, 0) is 61.7 Å². The van der Waals surface area contributed by atoms with Gasteiger partial charge in [0.05, 0.1) is 19.3 Å². The van der Waals surface area contributed by atoms with E-state index in [1.165, 1.54) is 0 Å². The van der Waals surface area contributed by atoms with Crippen molar-refractivity contribution in [1.29, 1.82) is 0 Å². The van der Waals surface area contributed by atoms with E-state index in [1.54, 1.807) is 36.4 Å². The first kappa shape index (κ1) is 22.6. The second kappa shape index (κ2) is 11.3. The molecule has 0 aromatic heterocycles. The number of nitrogens with one attached hydrogen (secondary N) is 1. The lowest BCUT2D eigenvalue weighted by molar-refractivity contribution is -0.306. The fraction of sp³-hybridized carbons (Fsp3) is 0.364. The number of carboxylic acids is 1. The van der Waals surface area contributed by atoms with Gasteiger partial charge in [-0.25, -0.2) is 0 Å². The van der Waals surface area contributed by atoms with Gasteiger partial charge in [0.1, 0.15) is 11.5 Å². The van der Waals surface area contributed by atoms with Crippen molar-refractivity contribution in [3.63, 3.8) is 0 Å². The molecule has 7 heteroatoms. The first-order valence-electron chi connectivity index (χ1n) is 9.50. The Balaban J connectivity index is 1.86. The molecule has 0 saturated carbocycles. The average Bonchev–Trinajstić information content (AvgIpc) is 2.66. The second-order valence-electron chi connectivity index (χ2n) is 6.56. The number of rotatable bonds is 11. The largest absolute Gasteiger partial charge is 0.550 e. The van der Waals surface area contributed by atoms with Gasteiger partial charge in [-0.15, -0.1) is 0 Å². The van der Waals surface area contributed by atoms with Gasteiger partial charge in [0.25, 0.3) is 0 Å². The summed E-state index contributed by atoms with van der Waals surface area (Å²) in [5.41, 5.74) is 1.60. The van der Waals surface area contributed by atoms with Gasteiger partial charge in [-0.1, -0.05) is 23.7 Å². The molecule has 1 atom stereocenters. The first-order valence-corrected chi connectivity index (χ1v) is 9.87. The van der Waals surface area contributed by atoms with E-state index >= 15 is 0 Å². The molecule has 2 aromatic carbocycles. The molecule has 0 bridgehead atoms. The molecule has 0 heterocycles. The van der Waals surface area contributed by atoms with Gasteiger partial charge in [-0.3, -0.25) is 4.79 Å². The van der Waals surface area contributed by atoms with Gasteiger partial charge in [0, 0.05) is 23.8 Å². The number of aliphatic carboxylic acids is 1. The lowest BCUT2D eigenvalue weighted by Crippen LogP contribution is -2.34. The van der Waals surface area contributed by atoms with Gasteiger partial charge in [0.15, 0.2) is 0 Å². The smallest absolute Gasteiger partial charge is 0.220 e. The number of carboxylic acid groups (broad SMARTS) is 1. The lowest BCUT2D eigenvalue weighted by Gasteiger charge is -2.20. The Morgan fingerprint density at radius 1 is 1.14 bits per heavy atom. The third-order valence-electron chi connectivity index (χ3n) is 4.24. The summed E-state index contributed by atoms with van der Waals surface area (Å²) < 4.78 is 11.1. The summed E-state index contributed by atoms with van der Waals surface area (Å²) in [5.74, 6) is -0.0734. The molecule has 1 amide bonds. The maximum Gasteiger partial charge on any atom is 0.220 e. The Hall–Kier alpha value is -2.73. The van der Waals surface area contributed by atoms with E-state index in [0.29, 0.717) is 36.0 Å². The van der Waals surface area contributed by atoms with Crippen molar-refractivity contribution in [2.24, 2.45) is 0 Å². The zero-order chi connectivity index (χ0) is 21.2. The highest BCUT2D eigenvalue weighted by Crippen LogP contribution is 2.22. The molecule has 0 aliphatic heterocycles. The molecule has 0 aliphatic rings. The number of carbonyl (C=O) groups excluding carboxylic acids is 2. The van der Waals surface area contributed by atoms with Crippen LogP contribution in [0.4, 0.5) is 0 Å². The van der Waals surface area contributed by atoms with Crippen molar-refractivity contribution in [2.45, 2.75) is 39.2 Å². The van der Waals surface area contributed by atoms with Crippen molar-refractivity contribution >= 4 is 23.5 Å². The Morgan fingerprint density at radius 3 is 2.48 bits per heavy atom. The van der Waals surface area contributed by atoms with Crippen molar-refractivity contribution in [3.05, 3.63) is 58.6 Å². The zero-order valence-corrected chi connectivity index (χ0v) is 17.3. The maximum atomic E-state index is 12.3. The minimum Gasteiger partial charge on any atom is -0.550 e. The minimum absolute atomic E-state index is 0.215. The van der Waals surface area contributed by atoms with Crippen LogP contribution in [0.15, 0.2) is 42.5 Å². The zero-order valence-electron chi connectivity index (χ0n) is 16.6. The van der Waals surface area contributed by atoms with Gasteiger partial charge in [-0.2, -0.15) is 0 Å². The molecule has 0 fully saturated rings. The van der Waals surface area contributed by atoms with Crippen LogP contribution in [0, 0.1) is 6.92 Å². The summed E-state index contributed by atoms with van der Waals surface area (Å²) in [6, 6.07) is 11.7. The van der Waals surface area contributed by atoms with Gasteiger partial charge >= 0.3 is 0 Å². The van der Waals surface area contributed by atoms with E-state index in [4.69, 9.17) is 21.1 Å². The van der Waals surface area contributed by atoms with E-state index in [2.05, 4.69) is 5.32 Å². The molecule has 156 valence electrons. The molecule has 0 radical (unpaired) electrons. The summed E-state index contributed by atoms with van der Waals surface area (Å²) >= 11 is 5.92. The second-order valence-corrected chi connectivity index (χ2v) is 7.00. The van der Waals surface area contributed by atoms with E-state index in [0.717, 1.165) is 11.3 Å². The predicted octanol–water partition coefficient (Wildman–Crippen LogP) is 3.20. The number of halogens is 1. The fourth-order valence-electron chi connectivity index (χ4n) is 2.84. The van der Waals surface area contributed by atoms with Crippen molar-refractivity contribution in [3.8, 4) is 11.5 Å². The molecule has 29 heavy (non-hydrogen) atoms. The highest BCUT2D eigenvalue weighted by molar-refractivity contribution is 6.30. The van der Waals surface area contributed by atoms with E-state index in [1.807, 2.05) is 19.9 Å². The van der Waals surface area contributed by atoms with Crippen molar-refractivity contribution < 1.29 is 24.2 Å². The highest BCUT2D eigenvalue weighted by Gasteiger charge is 2.15. The van der Waals surface area contributed by atoms with Gasteiger partial charge < -0.3 is 24.7 Å². The Bertz CT molecular complexity index is 822. The molecule has 0 aliphatic carbocycles. The maximum absolute atomic E-state index is 12.3. The summed E-state index contributed by atoms with van der Waals surface area (Å²) in [4.78, 5) is 23.4. The summed E-state index contributed by atoms with van der Waals surface area (Å²) in [5, 5.41) is 14.5. The number of carbonyl (C=O) groups is 2. The average molecular weight is 419 g/mol. The van der Waals surface area contributed by atoms with Gasteiger partial charge in [0.2, 0.25) is 5.91 Å². The Morgan fingerprint density at radius 2 is 1.86 bits per heavy atom. The van der Waals surface area contributed by atoms with Crippen molar-refractivity contribution in [1.82, 2.24) is 5.32 Å². The van der Waals surface area contributed by atoms with Crippen LogP contribution >= 0.6 is 11.6 Å². The topological polar surface area (TPSA) is 87.7 Å². The number of aryl methyl sites for hydroxylation is 1. The standard InChI is InChI=1S/C22H26ClNO5/c1-3-28-18-9-6-16(7-10-18)19(14-22(26)27)24-21(25)5-4-12-29-20-11-8-17(23)13-15(20)2/h6-11,13,19H,3-5,12,14H2,1-2H3,(H,24,25)(H,26,27)/p-1/t19-/m1/s1. The Kier molecular flexibility index (Phi) is 8.80. The monoisotopic (exact) mass is 418 g/mol. The third kappa shape index (κ3) is 7.66. The lowest BCUT2D eigenvalue weighted by atomic mass is 10.0. The molecule has 0 spiro atoms. The highest BCUT2D eigenvalue weighted by atomic mass is 35.5. The normalized spacial score (nSPS) is 11.6. The molecular formula is C22H25ClNO5-. The minimum atomic E-state index is -1.23. The number of hydrogen-bond donors (Lipinski definition) is 1. The molecular weight excluding hydrogens is 394 g/mol. The van der Waals surface area contributed by atoms with Crippen LogP contribution in [0.25, 0.3) is 0 Å². The van der Waals surface area contributed by atoms with E-state index in [-0.39, 0.29) is 18.7 Å². The van der Waals surface area contributed by atoms with Crippen LogP contribution in [0.3, 0.4) is 0 Å². The molecule has 0 unspecified atom stereocenters. The van der Waals surface area contributed by atoms with Crippen LogP contribution < -0.4 is 19.9 Å². The summed E-state index contributed by atoms with van der Waals surface area (Å²) in [6.07, 6.45) is 0.405. The van der Waals surface area contributed by atoms with Crippen LogP contribution in [0.1, 0.15) is 43.4 Å². The summed E-state index contributed by atoms with van der Waals surface area (Å²) in [7, 11) is 0. The fourth-order valence-corrected chi connectivity index (χ4v) is 3.06. The molecule has 1 N–H and O–H groups in total. The van der Waals surface area contributed by atoms with E-state index in [9.17, 15) is 14.7 Å². The van der Waals surface area contributed by atoms with Crippen LogP contribution in [-0.2, 0) is 9.59 Å². The first-order chi connectivity index (χ1) is 13.9. The van der Waals surface area contributed by atoms with Crippen LogP contribution in [0.5, 0.6) is 11.5 Å². The van der Waals surface area contributed by atoms with Crippen molar-refractivity contribution in [2.75, 3.05) is 13.2 Å². The SMILES string of the molecule is CCOc1ccc([C@@H](CC(=O)[O-])NC(=O)CCCOc2ccc(Cl)cc2C)cc1. The number of ether oxygens (including phenoxy) is 2. The number of benzene rings is 2. The number of hydrogen-bond acceptors (Lipinski definition) is 5. The summed E-state index contributed by atoms with van der Waals surface area (Å²) in [6.45, 7) is 4.68. The predicted molar refractivity (Wildman–Crippen MR) is 109 cm³/mol. The van der Waals surface area contributed by atoms with Crippen LogP contribution in [0.2, 0.25) is 5.02 Å². The third-order valence-corrected chi connectivity index (χ3v) is 4.48. The Labute approximate surface area is 175 Å². The quantitative estimate of drug-likeness (QED) is 0.566. The van der Waals surface area contributed by atoms with E-state index < -0.39 is 12.0 Å². The number of amides is 1. The molecule has 2 aromatic rings. The molecule has 0 saturated heterocycles.